The number of hydrogen-bond donors (Lipinski definition) is 0. The molecule has 1 nitrogen and oxygen atoms in total. The minimum Gasteiger partial charge on any atom is -0.301 e. The van der Waals surface area contributed by atoms with Crippen molar-refractivity contribution in [3.8, 4) is 0 Å². The fourth-order valence-corrected chi connectivity index (χ4v) is 2.90. The van der Waals surface area contributed by atoms with Crippen LogP contribution in [0.1, 0.15) is 50.2 Å². The van der Waals surface area contributed by atoms with E-state index in [1.807, 2.05) is 6.07 Å². The summed E-state index contributed by atoms with van der Waals surface area (Å²) in [5, 5.41) is 0. The first-order valence-corrected chi connectivity index (χ1v) is 7.33. The van der Waals surface area contributed by atoms with Crippen LogP contribution in [0.25, 0.3) is 0 Å². The Kier molecular flexibility index (Phi) is 4.74. The van der Waals surface area contributed by atoms with E-state index in [1.54, 1.807) is 0 Å². The molecule has 1 saturated heterocycles. The van der Waals surface area contributed by atoms with E-state index in [0.717, 1.165) is 44.0 Å². The van der Waals surface area contributed by atoms with Gasteiger partial charge in [0, 0.05) is 6.04 Å². The lowest BCUT2D eigenvalue weighted by Gasteiger charge is -2.36. The molecule has 20 heavy (non-hydrogen) atoms. The first kappa shape index (κ1) is 15.4. The minimum atomic E-state index is -4.24. The molecular weight excluding hydrogens is 263 g/mol. The molecule has 1 atom stereocenters. The third-order valence-electron chi connectivity index (χ3n) is 4.43. The molecule has 0 aliphatic carbocycles. The number of likely N-dealkylation sites (tertiary alicyclic amines) is 1. The highest BCUT2D eigenvalue weighted by molar-refractivity contribution is 5.28. The van der Waals surface area contributed by atoms with Crippen LogP contribution in [0.3, 0.4) is 0 Å². The second-order valence-electron chi connectivity index (χ2n) is 5.69. The number of alkyl halides is 3. The van der Waals surface area contributed by atoms with Crippen LogP contribution in [0.2, 0.25) is 0 Å². The molecule has 1 fully saturated rings. The van der Waals surface area contributed by atoms with E-state index >= 15 is 0 Å². The molecule has 0 bridgehead atoms. The van der Waals surface area contributed by atoms with Gasteiger partial charge < -0.3 is 4.90 Å². The number of hydrogen-bond acceptors (Lipinski definition) is 1. The molecule has 0 radical (unpaired) electrons. The van der Waals surface area contributed by atoms with Gasteiger partial charge in [0.15, 0.2) is 0 Å². The quantitative estimate of drug-likeness (QED) is 0.779. The third kappa shape index (κ3) is 3.54. The van der Waals surface area contributed by atoms with E-state index in [4.69, 9.17) is 0 Å². The summed E-state index contributed by atoms with van der Waals surface area (Å²) in [6, 6.07) is 6.40. The SMILES string of the molecule is CCC(C)N1CCC(c2cccc(C(F)(F)F)c2)CC1. The minimum absolute atomic E-state index is 0.262. The van der Waals surface area contributed by atoms with Gasteiger partial charge in [0.2, 0.25) is 0 Å². The van der Waals surface area contributed by atoms with Crippen LogP contribution in [0, 0.1) is 0 Å². The monoisotopic (exact) mass is 285 g/mol. The van der Waals surface area contributed by atoms with Crippen LogP contribution >= 0.6 is 0 Å². The van der Waals surface area contributed by atoms with Crippen LogP contribution in [0.4, 0.5) is 13.2 Å². The lowest BCUT2D eigenvalue weighted by Crippen LogP contribution is -2.39. The fraction of sp³-hybridized carbons (Fsp3) is 0.625. The molecule has 1 aromatic rings. The molecule has 0 N–H and O–H groups in total. The van der Waals surface area contributed by atoms with E-state index < -0.39 is 11.7 Å². The Balaban J connectivity index is 2.04. The Labute approximate surface area is 118 Å². The van der Waals surface area contributed by atoms with Crippen molar-refractivity contribution in [3.05, 3.63) is 35.4 Å². The van der Waals surface area contributed by atoms with Gasteiger partial charge in [0.05, 0.1) is 5.56 Å². The molecule has 1 heterocycles. The Morgan fingerprint density at radius 2 is 1.90 bits per heavy atom. The molecule has 1 unspecified atom stereocenters. The fourth-order valence-electron chi connectivity index (χ4n) is 2.90. The van der Waals surface area contributed by atoms with Gasteiger partial charge in [-0.2, -0.15) is 13.2 Å². The molecule has 0 aromatic heterocycles. The highest BCUT2D eigenvalue weighted by Crippen LogP contribution is 2.34. The average Bonchev–Trinajstić information content (AvgIpc) is 2.46. The van der Waals surface area contributed by atoms with Gasteiger partial charge in [-0.15, -0.1) is 0 Å². The largest absolute Gasteiger partial charge is 0.416 e. The highest BCUT2D eigenvalue weighted by Gasteiger charge is 2.31. The molecule has 0 spiro atoms. The summed E-state index contributed by atoms with van der Waals surface area (Å²) in [5.41, 5.74) is 0.308. The molecule has 0 amide bonds. The number of rotatable bonds is 3. The zero-order valence-electron chi connectivity index (χ0n) is 12.1. The molecule has 112 valence electrons. The number of benzene rings is 1. The van der Waals surface area contributed by atoms with Crippen molar-refractivity contribution in [2.45, 2.75) is 51.2 Å². The van der Waals surface area contributed by atoms with E-state index in [9.17, 15) is 13.2 Å². The standard InChI is InChI=1S/C16H22F3N/c1-3-12(2)20-9-7-13(8-10-20)14-5-4-6-15(11-14)16(17,18)19/h4-6,11-13H,3,7-10H2,1-2H3. The van der Waals surface area contributed by atoms with Gasteiger partial charge in [0.1, 0.15) is 0 Å². The van der Waals surface area contributed by atoms with Crippen molar-refractivity contribution in [2.24, 2.45) is 0 Å². The third-order valence-corrected chi connectivity index (χ3v) is 4.43. The zero-order chi connectivity index (χ0) is 14.8. The summed E-state index contributed by atoms with van der Waals surface area (Å²) < 4.78 is 38.2. The van der Waals surface area contributed by atoms with Crippen molar-refractivity contribution in [1.29, 1.82) is 0 Å². The Bertz CT molecular complexity index is 434. The van der Waals surface area contributed by atoms with Gasteiger partial charge in [-0.1, -0.05) is 25.1 Å². The van der Waals surface area contributed by atoms with Crippen molar-refractivity contribution < 1.29 is 13.2 Å². The summed E-state index contributed by atoms with van der Waals surface area (Å²) in [6.45, 7) is 6.35. The summed E-state index contributed by atoms with van der Waals surface area (Å²) in [7, 11) is 0. The second-order valence-corrected chi connectivity index (χ2v) is 5.69. The molecule has 2 rings (SSSR count). The Morgan fingerprint density at radius 3 is 2.45 bits per heavy atom. The smallest absolute Gasteiger partial charge is 0.301 e. The first-order chi connectivity index (χ1) is 9.41. The summed E-state index contributed by atoms with van der Waals surface area (Å²) >= 11 is 0. The topological polar surface area (TPSA) is 3.24 Å². The lowest BCUT2D eigenvalue weighted by atomic mass is 9.88. The van der Waals surface area contributed by atoms with Crippen molar-refractivity contribution in [2.75, 3.05) is 13.1 Å². The van der Waals surface area contributed by atoms with Crippen LogP contribution in [-0.2, 0) is 6.18 Å². The zero-order valence-corrected chi connectivity index (χ0v) is 12.1. The summed E-state index contributed by atoms with van der Waals surface area (Å²) in [6.07, 6.45) is -1.22. The summed E-state index contributed by atoms with van der Waals surface area (Å²) in [4.78, 5) is 2.43. The van der Waals surface area contributed by atoms with Gasteiger partial charge in [0.25, 0.3) is 0 Å². The van der Waals surface area contributed by atoms with Gasteiger partial charge in [-0.3, -0.25) is 0 Å². The van der Waals surface area contributed by atoms with Crippen LogP contribution in [0.5, 0.6) is 0 Å². The van der Waals surface area contributed by atoms with Gasteiger partial charge >= 0.3 is 6.18 Å². The predicted octanol–water partition coefficient (Wildman–Crippen LogP) is 4.68. The molecule has 1 aliphatic rings. The molecule has 1 aliphatic heterocycles. The normalized spacial score (nSPS) is 20.1. The van der Waals surface area contributed by atoms with Gasteiger partial charge in [-0.25, -0.2) is 0 Å². The Hall–Kier alpha value is -1.03. The van der Waals surface area contributed by atoms with Crippen LogP contribution in [-0.4, -0.2) is 24.0 Å². The molecular formula is C16H22F3N. The number of halogens is 3. The van der Waals surface area contributed by atoms with E-state index in [2.05, 4.69) is 18.7 Å². The van der Waals surface area contributed by atoms with Gasteiger partial charge in [-0.05, 0) is 56.8 Å². The lowest BCUT2D eigenvalue weighted by molar-refractivity contribution is -0.137. The maximum absolute atomic E-state index is 12.7. The van der Waals surface area contributed by atoms with E-state index in [1.165, 1.54) is 12.1 Å². The molecule has 4 heteroatoms. The first-order valence-electron chi connectivity index (χ1n) is 7.33. The Morgan fingerprint density at radius 1 is 1.25 bits per heavy atom. The predicted molar refractivity (Wildman–Crippen MR) is 74.7 cm³/mol. The molecule has 1 aromatic carbocycles. The van der Waals surface area contributed by atoms with Crippen molar-refractivity contribution in [3.63, 3.8) is 0 Å². The highest BCUT2D eigenvalue weighted by atomic mass is 19.4. The maximum atomic E-state index is 12.7. The van der Waals surface area contributed by atoms with Crippen LogP contribution in [0.15, 0.2) is 24.3 Å². The number of nitrogens with zero attached hydrogens (tertiary/aromatic N) is 1. The van der Waals surface area contributed by atoms with Crippen LogP contribution < -0.4 is 0 Å². The van der Waals surface area contributed by atoms with Crippen molar-refractivity contribution >= 4 is 0 Å². The maximum Gasteiger partial charge on any atom is 0.416 e. The van der Waals surface area contributed by atoms with E-state index in [0.29, 0.717) is 6.04 Å². The van der Waals surface area contributed by atoms with E-state index in [-0.39, 0.29) is 5.92 Å². The summed E-state index contributed by atoms with van der Waals surface area (Å²) in [5.74, 6) is 0.262. The average molecular weight is 285 g/mol. The second kappa shape index (κ2) is 6.17. The number of piperidine rings is 1. The van der Waals surface area contributed by atoms with Crippen molar-refractivity contribution in [1.82, 2.24) is 4.90 Å². The molecule has 0 saturated carbocycles.